The van der Waals surface area contributed by atoms with E-state index in [0.717, 1.165) is 28.1 Å². The van der Waals surface area contributed by atoms with E-state index in [9.17, 15) is 5.11 Å². The Bertz CT molecular complexity index is 969. The second-order valence-corrected chi connectivity index (χ2v) is 5.11. The van der Waals surface area contributed by atoms with Crippen molar-refractivity contribution < 1.29 is 9.52 Å². The second-order valence-electron chi connectivity index (χ2n) is 5.11. The zero-order valence-corrected chi connectivity index (χ0v) is 11.9. The first-order valence-corrected chi connectivity index (χ1v) is 6.91. The summed E-state index contributed by atoms with van der Waals surface area (Å²) in [5.74, 6) is 1.76. The van der Waals surface area contributed by atoms with E-state index in [-0.39, 0.29) is 5.75 Å². The molecule has 0 fully saturated rings. The molecule has 0 atom stereocenters. The Balaban J connectivity index is 1.92. The molecule has 0 aliphatic carbocycles. The number of furan rings is 1. The predicted molar refractivity (Wildman–Crippen MR) is 82.5 cm³/mol. The van der Waals surface area contributed by atoms with Crippen molar-refractivity contribution in [2.75, 3.05) is 0 Å². The third-order valence-corrected chi connectivity index (χ3v) is 3.68. The van der Waals surface area contributed by atoms with Gasteiger partial charge in [-0.05, 0) is 37.3 Å². The average molecular weight is 291 g/mol. The molecule has 4 rings (SSSR count). The van der Waals surface area contributed by atoms with Gasteiger partial charge in [-0.15, -0.1) is 10.2 Å². The van der Waals surface area contributed by atoms with Gasteiger partial charge in [0.1, 0.15) is 11.5 Å². The Kier molecular flexibility index (Phi) is 2.72. The summed E-state index contributed by atoms with van der Waals surface area (Å²) in [5, 5.41) is 18.1. The molecule has 1 N–H and O–H groups in total. The van der Waals surface area contributed by atoms with E-state index < -0.39 is 0 Å². The van der Waals surface area contributed by atoms with Crippen molar-refractivity contribution in [3.8, 4) is 28.3 Å². The molecule has 0 unspecified atom stereocenters. The van der Waals surface area contributed by atoms with Crippen LogP contribution in [-0.2, 0) is 0 Å². The fourth-order valence-corrected chi connectivity index (χ4v) is 2.58. The maximum absolute atomic E-state index is 9.66. The number of fused-ring (bicyclic) bond motifs is 1. The van der Waals surface area contributed by atoms with E-state index in [1.54, 1.807) is 24.5 Å². The minimum atomic E-state index is 0.205. The van der Waals surface area contributed by atoms with Gasteiger partial charge < -0.3 is 9.52 Å². The van der Waals surface area contributed by atoms with Crippen molar-refractivity contribution in [3.05, 3.63) is 60.7 Å². The number of phenols is 1. The topological polar surface area (TPSA) is 63.6 Å². The highest BCUT2D eigenvalue weighted by Crippen LogP contribution is 2.27. The fraction of sp³-hybridized carbons (Fsp3) is 0.0588. The van der Waals surface area contributed by atoms with Gasteiger partial charge in [-0.3, -0.25) is 4.40 Å². The molecule has 108 valence electrons. The lowest BCUT2D eigenvalue weighted by atomic mass is 10.1. The van der Waals surface area contributed by atoms with Gasteiger partial charge in [0, 0.05) is 22.9 Å². The van der Waals surface area contributed by atoms with Crippen LogP contribution in [0.15, 0.2) is 59.3 Å². The summed E-state index contributed by atoms with van der Waals surface area (Å²) in [6, 6.07) is 12.8. The van der Waals surface area contributed by atoms with Crippen LogP contribution in [0.25, 0.3) is 28.2 Å². The maximum atomic E-state index is 9.66. The van der Waals surface area contributed by atoms with Gasteiger partial charge in [-0.2, -0.15) is 0 Å². The van der Waals surface area contributed by atoms with Crippen LogP contribution in [0.3, 0.4) is 0 Å². The molecule has 0 saturated heterocycles. The van der Waals surface area contributed by atoms with Crippen molar-refractivity contribution in [1.82, 2.24) is 14.6 Å². The van der Waals surface area contributed by atoms with E-state index in [1.807, 2.05) is 41.8 Å². The van der Waals surface area contributed by atoms with Crippen molar-refractivity contribution in [2.24, 2.45) is 0 Å². The van der Waals surface area contributed by atoms with Crippen molar-refractivity contribution in [3.63, 3.8) is 0 Å². The number of benzene rings is 1. The van der Waals surface area contributed by atoms with Crippen LogP contribution in [-0.4, -0.2) is 19.7 Å². The van der Waals surface area contributed by atoms with Crippen LogP contribution in [0.2, 0.25) is 0 Å². The molecule has 0 spiro atoms. The molecule has 0 radical (unpaired) electrons. The van der Waals surface area contributed by atoms with E-state index >= 15 is 0 Å². The quantitative estimate of drug-likeness (QED) is 0.612. The lowest BCUT2D eigenvalue weighted by Gasteiger charge is -2.04. The lowest BCUT2D eigenvalue weighted by Crippen LogP contribution is -1.91. The molecule has 1 aromatic carbocycles. The van der Waals surface area contributed by atoms with E-state index in [2.05, 4.69) is 10.2 Å². The molecule has 3 aromatic heterocycles. The molecule has 4 aromatic rings. The third kappa shape index (κ3) is 1.95. The summed E-state index contributed by atoms with van der Waals surface area (Å²) in [4.78, 5) is 0. The minimum Gasteiger partial charge on any atom is -0.508 e. The number of rotatable bonds is 2. The number of phenolic OH excluding ortho intramolecular Hbond substituents is 1. The highest BCUT2D eigenvalue weighted by molar-refractivity contribution is 5.68. The largest absolute Gasteiger partial charge is 0.508 e. The second kappa shape index (κ2) is 4.73. The third-order valence-electron chi connectivity index (χ3n) is 3.68. The molecule has 3 heterocycles. The van der Waals surface area contributed by atoms with Gasteiger partial charge in [0.15, 0.2) is 11.5 Å². The van der Waals surface area contributed by atoms with Gasteiger partial charge >= 0.3 is 0 Å². The van der Waals surface area contributed by atoms with Crippen LogP contribution >= 0.6 is 0 Å². The first-order chi connectivity index (χ1) is 10.7. The first-order valence-electron chi connectivity index (χ1n) is 6.91. The van der Waals surface area contributed by atoms with Crippen LogP contribution in [0, 0.1) is 6.92 Å². The van der Waals surface area contributed by atoms with Crippen LogP contribution < -0.4 is 0 Å². The smallest absolute Gasteiger partial charge is 0.168 e. The van der Waals surface area contributed by atoms with Gasteiger partial charge in [0.25, 0.3) is 0 Å². The molecule has 5 heteroatoms. The molecule has 0 saturated carbocycles. The average Bonchev–Trinajstić information content (AvgIpc) is 3.12. The molecular weight excluding hydrogens is 278 g/mol. The minimum absolute atomic E-state index is 0.205. The summed E-state index contributed by atoms with van der Waals surface area (Å²) in [6.07, 6.45) is 3.66. The van der Waals surface area contributed by atoms with Crippen molar-refractivity contribution >= 4 is 5.65 Å². The van der Waals surface area contributed by atoms with E-state index in [0.29, 0.717) is 5.82 Å². The number of nitrogens with zero attached hydrogens (tertiary/aromatic N) is 3. The Morgan fingerprint density at radius 1 is 1.05 bits per heavy atom. The molecule has 0 bridgehead atoms. The standard InChI is InChI=1S/C17H13N3O2/c1-11-15(7-8-22-11)13-5-6-16-18-19-17(20(16)10-13)12-3-2-4-14(21)9-12/h2-10,21H,1H3. The number of aromatic nitrogens is 3. The molecule has 0 aliphatic heterocycles. The zero-order chi connectivity index (χ0) is 15.1. The molecule has 5 nitrogen and oxygen atoms in total. The molecule has 0 amide bonds. The van der Waals surface area contributed by atoms with Gasteiger partial charge in [-0.25, -0.2) is 0 Å². The van der Waals surface area contributed by atoms with Gasteiger partial charge in [0.2, 0.25) is 0 Å². The Labute approximate surface area is 126 Å². The van der Waals surface area contributed by atoms with Gasteiger partial charge in [0.05, 0.1) is 6.26 Å². The van der Waals surface area contributed by atoms with Crippen molar-refractivity contribution in [2.45, 2.75) is 6.92 Å². The van der Waals surface area contributed by atoms with Gasteiger partial charge in [-0.1, -0.05) is 12.1 Å². The Morgan fingerprint density at radius 3 is 2.73 bits per heavy atom. The number of pyridine rings is 1. The predicted octanol–water partition coefficient (Wildman–Crippen LogP) is 3.67. The zero-order valence-electron chi connectivity index (χ0n) is 11.9. The number of hydrogen-bond acceptors (Lipinski definition) is 4. The Hall–Kier alpha value is -3.08. The highest BCUT2D eigenvalue weighted by Gasteiger charge is 2.11. The number of aromatic hydroxyl groups is 1. The fourth-order valence-electron chi connectivity index (χ4n) is 2.58. The SMILES string of the molecule is Cc1occc1-c1ccc2nnc(-c3cccc(O)c3)n2c1. The summed E-state index contributed by atoms with van der Waals surface area (Å²) in [6.45, 7) is 1.93. The molecular formula is C17H13N3O2. The molecule has 0 aliphatic rings. The summed E-state index contributed by atoms with van der Waals surface area (Å²) < 4.78 is 7.28. The highest BCUT2D eigenvalue weighted by atomic mass is 16.3. The van der Waals surface area contributed by atoms with Crippen LogP contribution in [0.1, 0.15) is 5.76 Å². The first kappa shape index (κ1) is 12.6. The van der Waals surface area contributed by atoms with Crippen LogP contribution in [0.4, 0.5) is 0 Å². The maximum Gasteiger partial charge on any atom is 0.168 e. The van der Waals surface area contributed by atoms with Crippen LogP contribution in [0.5, 0.6) is 5.75 Å². The lowest BCUT2D eigenvalue weighted by molar-refractivity contribution is 0.475. The summed E-state index contributed by atoms with van der Waals surface area (Å²) in [7, 11) is 0. The monoisotopic (exact) mass is 291 g/mol. The summed E-state index contributed by atoms with van der Waals surface area (Å²) >= 11 is 0. The molecule has 22 heavy (non-hydrogen) atoms. The normalized spacial score (nSPS) is 11.1. The van der Waals surface area contributed by atoms with E-state index in [1.165, 1.54) is 0 Å². The van der Waals surface area contributed by atoms with Crippen molar-refractivity contribution in [1.29, 1.82) is 0 Å². The number of hydrogen-bond donors (Lipinski definition) is 1. The van der Waals surface area contributed by atoms with E-state index in [4.69, 9.17) is 4.42 Å². The summed E-state index contributed by atoms with van der Waals surface area (Å²) in [5.41, 5.74) is 3.63. The number of aryl methyl sites for hydroxylation is 1. The Morgan fingerprint density at radius 2 is 1.95 bits per heavy atom.